The van der Waals surface area contributed by atoms with E-state index in [1.54, 1.807) is 31.3 Å². The van der Waals surface area contributed by atoms with Crippen LogP contribution in [0.1, 0.15) is 42.2 Å². The molecule has 0 bridgehead atoms. The van der Waals surface area contributed by atoms with Gasteiger partial charge in [-0.1, -0.05) is 24.3 Å². The Kier molecular flexibility index (Phi) is 8.36. The van der Waals surface area contributed by atoms with Crippen molar-refractivity contribution in [2.75, 3.05) is 25.0 Å². The number of carbonyl (C=O) groups is 4. The Bertz CT molecular complexity index is 1660. The summed E-state index contributed by atoms with van der Waals surface area (Å²) in [6, 6.07) is 10.8. The molecular weight excluding hydrogens is 599 g/mol. The fourth-order valence-electron chi connectivity index (χ4n) is 5.86. The van der Waals surface area contributed by atoms with E-state index in [-0.39, 0.29) is 41.0 Å². The first-order valence-corrected chi connectivity index (χ1v) is 15.6. The number of halogens is 2. The van der Waals surface area contributed by atoms with Crippen LogP contribution in [0.15, 0.2) is 54.6 Å². The summed E-state index contributed by atoms with van der Waals surface area (Å²) in [4.78, 5) is 78.8. The molecule has 4 N–H and O–H groups in total. The van der Waals surface area contributed by atoms with Gasteiger partial charge in [0.1, 0.15) is 17.8 Å². The largest absolute Gasteiger partial charge is 0.399 e. The first-order valence-electron chi connectivity index (χ1n) is 14.0. The van der Waals surface area contributed by atoms with E-state index < -0.39 is 42.7 Å². The number of likely N-dealkylation sites (N-methyl/N-ethyl adjacent to an activating group) is 1. The van der Waals surface area contributed by atoms with E-state index in [0.29, 0.717) is 31.5 Å². The molecular formula is C29H32F2N5O7P. The lowest BCUT2D eigenvalue weighted by molar-refractivity contribution is -0.144. The number of aromatic nitrogens is 1. The molecule has 3 atom stereocenters. The maximum absolute atomic E-state index is 14.3. The minimum Gasteiger partial charge on any atom is -0.351 e. The summed E-state index contributed by atoms with van der Waals surface area (Å²) in [5.74, 6) is -1.86. The number of amides is 4. The zero-order chi connectivity index (χ0) is 32.0. The second kappa shape index (κ2) is 11.8. The number of alkyl halides is 2. The molecule has 0 aliphatic carbocycles. The molecule has 3 heterocycles. The van der Waals surface area contributed by atoms with Crippen molar-refractivity contribution in [1.82, 2.24) is 20.1 Å². The van der Waals surface area contributed by atoms with E-state index in [1.165, 1.54) is 27.7 Å². The van der Waals surface area contributed by atoms with Gasteiger partial charge in [0.15, 0.2) is 0 Å². The van der Waals surface area contributed by atoms with E-state index in [1.807, 2.05) is 6.07 Å². The van der Waals surface area contributed by atoms with Gasteiger partial charge in [0.25, 0.3) is 5.91 Å². The third-order valence-corrected chi connectivity index (χ3v) is 9.27. The maximum atomic E-state index is 14.3. The topological polar surface area (TPSA) is 163 Å². The molecule has 1 aromatic heterocycles. The lowest BCUT2D eigenvalue weighted by atomic mass is 10.1. The number of para-hydroxylation sites is 1. The molecule has 2 saturated heterocycles. The summed E-state index contributed by atoms with van der Waals surface area (Å²) >= 11 is 0. The van der Waals surface area contributed by atoms with E-state index >= 15 is 0 Å². The number of fused-ring (bicyclic) bond motifs is 2. The smallest absolute Gasteiger partial charge is 0.351 e. The van der Waals surface area contributed by atoms with Gasteiger partial charge in [0.2, 0.25) is 17.7 Å². The zero-order valence-corrected chi connectivity index (χ0v) is 24.8. The van der Waals surface area contributed by atoms with Gasteiger partial charge >= 0.3 is 13.3 Å². The molecule has 0 spiro atoms. The Morgan fingerprint density at radius 1 is 1.07 bits per heavy atom. The van der Waals surface area contributed by atoms with Crippen LogP contribution < -0.4 is 10.2 Å². The fourth-order valence-corrected chi connectivity index (χ4v) is 6.33. The molecule has 234 valence electrons. The highest BCUT2D eigenvalue weighted by atomic mass is 31.2. The standard InChI is InChI=1S/C29H32F2N5O7P/c1-17(37)35-13-12-21-9-11-25(28(40)34(2)20-6-4-3-5-7-20)36(21)27(39)24(16-35)33-26(38)23-15-18-14-19(8-10-22(18)32-23)29(30,31)44(41,42)43/h3-8,10,14-15,21,24-25,32H,9,11-13,16H2,1-2H3,(H,33,38)(H2,41,42,43)/t21-,24+,25+/m1/s1. The van der Waals surface area contributed by atoms with Gasteiger partial charge in [0.05, 0.1) is 0 Å². The Morgan fingerprint density at radius 3 is 2.43 bits per heavy atom. The normalized spacial score (nSPS) is 21.0. The number of hydrogen-bond acceptors (Lipinski definition) is 5. The molecule has 0 radical (unpaired) electrons. The predicted octanol–water partition coefficient (Wildman–Crippen LogP) is 2.77. The highest BCUT2D eigenvalue weighted by Crippen LogP contribution is 2.59. The third kappa shape index (κ3) is 5.84. The van der Waals surface area contributed by atoms with Crippen LogP contribution in [-0.4, -0.2) is 86.5 Å². The number of anilines is 1. The fraction of sp³-hybridized carbons (Fsp3) is 0.379. The van der Waals surface area contributed by atoms with Crippen LogP contribution in [0.25, 0.3) is 10.9 Å². The molecule has 3 aromatic rings. The average molecular weight is 632 g/mol. The first kappa shape index (κ1) is 31.3. The number of H-pyrrole nitrogens is 1. The van der Waals surface area contributed by atoms with Gasteiger partial charge in [0, 0.05) is 55.3 Å². The number of rotatable bonds is 6. The third-order valence-electron chi connectivity index (χ3n) is 8.28. The number of carbonyl (C=O) groups excluding carboxylic acids is 4. The van der Waals surface area contributed by atoms with Gasteiger partial charge < -0.3 is 34.8 Å². The number of hydrogen-bond donors (Lipinski definition) is 4. The monoisotopic (exact) mass is 631 g/mol. The number of aromatic amines is 1. The van der Waals surface area contributed by atoms with Gasteiger partial charge in [-0.05, 0) is 49.6 Å². The molecule has 2 fully saturated rings. The van der Waals surface area contributed by atoms with E-state index in [0.717, 1.165) is 18.2 Å². The van der Waals surface area contributed by atoms with Crippen molar-refractivity contribution >= 4 is 47.8 Å². The second-order valence-electron chi connectivity index (χ2n) is 11.1. The highest BCUT2D eigenvalue weighted by molar-refractivity contribution is 7.52. The van der Waals surface area contributed by atoms with Crippen LogP contribution in [0.5, 0.6) is 0 Å². The lowest BCUT2D eigenvalue weighted by Gasteiger charge is -2.39. The minimum absolute atomic E-state index is 0.0874. The summed E-state index contributed by atoms with van der Waals surface area (Å²) in [6.07, 6.45) is 1.42. The highest BCUT2D eigenvalue weighted by Gasteiger charge is 2.50. The molecule has 2 aliphatic rings. The molecule has 0 saturated carbocycles. The van der Waals surface area contributed by atoms with Crippen molar-refractivity contribution in [3.8, 4) is 0 Å². The Hall–Kier alpha value is -4.13. The van der Waals surface area contributed by atoms with Crippen molar-refractivity contribution < 1.29 is 42.3 Å². The summed E-state index contributed by atoms with van der Waals surface area (Å²) < 4.78 is 39.9. The van der Waals surface area contributed by atoms with Gasteiger partial charge in [-0.3, -0.25) is 23.7 Å². The summed E-state index contributed by atoms with van der Waals surface area (Å²) in [6.45, 7) is 1.53. The second-order valence-corrected chi connectivity index (χ2v) is 12.7. The number of benzene rings is 2. The SMILES string of the molecule is CC(=O)N1CC[C@H]2CC[C@@H](C(=O)N(C)c3ccccc3)N2C(=O)[C@@H](NC(=O)c2cc3cc(C(F)(F)P(=O)(O)O)ccc3[nH]2)C1. The first-order chi connectivity index (χ1) is 20.7. The van der Waals surface area contributed by atoms with E-state index in [9.17, 15) is 32.5 Å². The molecule has 2 aromatic carbocycles. The average Bonchev–Trinajstić information content (AvgIpc) is 3.60. The summed E-state index contributed by atoms with van der Waals surface area (Å²) in [7, 11) is -4.17. The van der Waals surface area contributed by atoms with Crippen LogP contribution in [-0.2, 0) is 24.6 Å². The summed E-state index contributed by atoms with van der Waals surface area (Å²) in [5, 5.41) is 2.74. The van der Waals surface area contributed by atoms with Crippen molar-refractivity contribution in [1.29, 1.82) is 0 Å². The quantitative estimate of drug-likeness (QED) is 0.304. The number of nitrogens with one attached hydrogen (secondary N) is 2. The Morgan fingerprint density at radius 2 is 1.77 bits per heavy atom. The van der Waals surface area contributed by atoms with E-state index in [2.05, 4.69) is 10.3 Å². The Balaban J connectivity index is 1.41. The predicted molar refractivity (Wildman–Crippen MR) is 156 cm³/mol. The van der Waals surface area contributed by atoms with E-state index in [4.69, 9.17) is 9.79 Å². The molecule has 0 unspecified atom stereocenters. The Labute approximate surface area is 251 Å². The van der Waals surface area contributed by atoms with Crippen LogP contribution in [0, 0.1) is 0 Å². The van der Waals surface area contributed by atoms with Crippen LogP contribution in [0.4, 0.5) is 14.5 Å². The molecule has 4 amide bonds. The molecule has 5 rings (SSSR count). The van der Waals surface area contributed by atoms with Crippen LogP contribution in [0.2, 0.25) is 0 Å². The molecule has 2 aliphatic heterocycles. The minimum atomic E-state index is -5.80. The van der Waals surface area contributed by atoms with Crippen molar-refractivity contribution in [2.45, 2.75) is 50.0 Å². The maximum Gasteiger partial charge on any atom is 0.399 e. The zero-order valence-electron chi connectivity index (χ0n) is 23.9. The molecule has 15 heteroatoms. The van der Waals surface area contributed by atoms with Crippen molar-refractivity contribution in [2.24, 2.45) is 0 Å². The van der Waals surface area contributed by atoms with Gasteiger partial charge in [-0.25, -0.2) is 0 Å². The lowest BCUT2D eigenvalue weighted by Crippen LogP contribution is -2.61. The summed E-state index contributed by atoms with van der Waals surface area (Å²) in [5.41, 5.74) is -4.56. The van der Waals surface area contributed by atoms with Crippen LogP contribution in [0.3, 0.4) is 0 Å². The van der Waals surface area contributed by atoms with Crippen molar-refractivity contribution in [3.63, 3.8) is 0 Å². The molecule has 12 nitrogen and oxygen atoms in total. The van der Waals surface area contributed by atoms with Gasteiger partial charge in [-0.2, -0.15) is 8.78 Å². The van der Waals surface area contributed by atoms with Crippen molar-refractivity contribution in [3.05, 3.63) is 65.9 Å². The number of nitrogens with zero attached hydrogens (tertiary/aromatic N) is 3. The van der Waals surface area contributed by atoms with Gasteiger partial charge in [-0.15, -0.1) is 0 Å². The van der Waals surface area contributed by atoms with Crippen LogP contribution >= 0.6 is 7.60 Å². The molecule has 44 heavy (non-hydrogen) atoms.